The zero-order chi connectivity index (χ0) is 10.1. The third kappa shape index (κ3) is 1.39. The number of benzene rings is 1. The van der Waals surface area contributed by atoms with E-state index in [4.69, 9.17) is 17.3 Å². The fourth-order valence-electron chi connectivity index (χ4n) is 1.67. The Bertz CT molecular complexity index is 462. The van der Waals surface area contributed by atoms with Crippen LogP contribution in [0.5, 0.6) is 0 Å². The first-order valence-electron chi connectivity index (χ1n) is 4.61. The molecule has 0 saturated carbocycles. The molecule has 0 amide bonds. The fourth-order valence-corrected chi connectivity index (χ4v) is 2.95. The summed E-state index contributed by atoms with van der Waals surface area (Å²) in [4.78, 5) is 0. The predicted octanol–water partition coefficient (Wildman–Crippen LogP) is 3.78. The zero-order valence-electron chi connectivity index (χ0n) is 8.01. The van der Waals surface area contributed by atoms with Gasteiger partial charge in [-0.3, -0.25) is 0 Å². The van der Waals surface area contributed by atoms with E-state index in [2.05, 4.69) is 24.4 Å². The molecule has 0 radical (unpaired) electrons. The first-order valence-corrected chi connectivity index (χ1v) is 6.02. The van der Waals surface area contributed by atoms with Gasteiger partial charge in [-0.15, -0.1) is 22.9 Å². The van der Waals surface area contributed by atoms with E-state index in [0.29, 0.717) is 5.88 Å². The molecule has 0 aliphatic rings. The van der Waals surface area contributed by atoms with Gasteiger partial charge in [0.05, 0.1) is 0 Å². The maximum absolute atomic E-state index is 6.10. The second-order valence-electron chi connectivity index (χ2n) is 3.26. The molecule has 0 atom stereocenters. The van der Waals surface area contributed by atoms with Crippen LogP contribution in [0.4, 0.5) is 5.69 Å². The van der Waals surface area contributed by atoms with E-state index >= 15 is 0 Å². The van der Waals surface area contributed by atoms with Gasteiger partial charge >= 0.3 is 0 Å². The van der Waals surface area contributed by atoms with Crippen molar-refractivity contribution in [3.05, 3.63) is 28.6 Å². The van der Waals surface area contributed by atoms with Gasteiger partial charge in [0, 0.05) is 21.7 Å². The van der Waals surface area contributed by atoms with E-state index in [1.807, 2.05) is 0 Å². The molecule has 0 fully saturated rings. The molecule has 0 saturated heterocycles. The van der Waals surface area contributed by atoms with Crippen LogP contribution in [0, 0.1) is 0 Å². The molecule has 1 nitrogen and oxygen atoms in total. The molecule has 0 bridgehead atoms. The molecule has 1 aromatic carbocycles. The molecular weight excluding hydrogens is 214 g/mol. The Kier molecular flexibility index (Phi) is 2.66. The second-order valence-corrected chi connectivity index (χ2v) is 4.44. The zero-order valence-corrected chi connectivity index (χ0v) is 9.58. The molecule has 2 N–H and O–H groups in total. The number of halogens is 1. The number of nitrogen functional groups attached to an aromatic ring is 1. The summed E-state index contributed by atoms with van der Waals surface area (Å²) in [6.07, 6.45) is 0.972. The average Bonchev–Trinajstić information content (AvgIpc) is 2.62. The molecular formula is C11H12ClNS. The lowest BCUT2D eigenvalue weighted by Crippen LogP contribution is -1.94. The summed E-state index contributed by atoms with van der Waals surface area (Å²) >= 11 is 7.57. The molecule has 2 rings (SSSR count). The number of fused-ring (bicyclic) bond motifs is 1. The quantitative estimate of drug-likeness (QED) is 0.611. The maximum atomic E-state index is 6.10. The van der Waals surface area contributed by atoms with Crippen molar-refractivity contribution in [2.75, 3.05) is 5.73 Å². The number of rotatable bonds is 2. The summed E-state index contributed by atoms with van der Waals surface area (Å²) in [5.74, 6) is 0.539. The van der Waals surface area contributed by atoms with E-state index in [9.17, 15) is 0 Å². The first kappa shape index (κ1) is 9.81. The van der Waals surface area contributed by atoms with Crippen LogP contribution in [0.25, 0.3) is 10.1 Å². The van der Waals surface area contributed by atoms with Gasteiger partial charge < -0.3 is 5.73 Å². The van der Waals surface area contributed by atoms with E-state index in [-0.39, 0.29) is 0 Å². The van der Waals surface area contributed by atoms with Crippen molar-refractivity contribution in [1.29, 1.82) is 0 Å². The topological polar surface area (TPSA) is 26.0 Å². The van der Waals surface area contributed by atoms with Crippen molar-refractivity contribution >= 4 is 38.7 Å². The van der Waals surface area contributed by atoms with E-state index in [0.717, 1.165) is 23.1 Å². The number of thiophene rings is 1. The highest BCUT2D eigenvalue weighted by Gasteiger charge is 2.08. The molecule has 14 heavy (non-hydrogen) atoms. The Morgan fingerprint density at radius 1 is 1.36 bits per heavy atom. The first-order chi connectivity index (χ1) is 6.77. The van der Waals surface area contributed by atoms with Gasteiger partial charge in [0.1, 0.15) is 0 Å². The van der Waals surface area contributed by atoms with Crippen molar-refractivity contribution in [2.45, 2.75) is 19.2 Å². The van der Waals surface area contributed by atoms with E-state index in [1.54, 1.807) is 11.3 Å². The second kappa shape index (κ2) is 3.79. The third-order valence-corrected chi connectivity index (χ3v) is 3.76. The van der Waals surface area contributed by atoms with Crippen LogP contribution in [-0.4, -0.2) is 0 Å². The number of hydrogen-bond acceptors (Lipinski definition) is 2. The summed E-state index contributed by atoms with van der Waals surface area (Å²) in [6.45, 7) is 2.12. The lowest BCUT2D eigenvalue weighted by Gasteiger charge is -2.05. The van der Waals surface area contributed by atoms with Gasteiger partial charge in [-0.1, -0.05) is 13.0 Å². The molecule has 0 unspecified atom stereocenters. The summed E-state index contributed by atoms with van der Waals surface area (Å²) in [5, 5.41) is 3.25. The third-order valence-electron chi connectivity index (χ3n) is 2.47. The van der Waals surface area contributed by atoms with Crippen molar-refractivity contribution in [3.63, 3.8) is 0 Å². The maximum Gasteiger partial charge on any atom is 0.0489 e. The minimum absolute atomic E-state index is 0.539. The Morgan fingerprint density at radius 3 is 2.79 bits per heavy atom. The van der Waals surface area contributed by atoms with Crippen LogP contribution < -0.4 is 5.73 Å². The van der Waals surface area contributed by atoms with Gasteiger partial charge in [0.2, 0.25) is 0 Å². The molecule has 2 aromatic rings. The molecule has 0 aliphatic carbocycles. The predicted molar refractivity (Wildman–Crippen MR) is 65.2 cm³/mol. The van der Waals surface area contributed by atoms with Gasteiger partial charge in [-0.25, -0.2) is 0 Å². The van der Waals surface area contributed by atoms with E-state index < -0.39 is 0 Å². The smallest absolute Gasteiger partial charge is 0.0489 e. The highest BCUT2D eigenvalue weighted by atomic mass is 35.5. The lowest BCUT2D eigenvalue weighted by atomic mass is 10.1. The Morgan fingerprint density at radius 2 is 2.14 bits per heavy atom. The molecule has 3 heteroatoms. The average molecular weight is 226 g/mol. The summed E-state index contributed by atoms with van der Waals surface area (Å²) in [5.41, 5.74) is 9.37. The van der Waals surface area contributed by atoms with Crippen molar-refractivity contribution in [3.8, 4) is 0 Å². The van der Waals surface area contributed by atoms with Crippen LogP contribution in [0.2, 0.25) is 0 Å². The molecule has 0 spiro atoms. The minimum atomic E-state index is 0.539. The van der Waals surface area contributed by atoms with Crippen LogP contribution in [0.15, 0.2) is 17.5 Å². The number of aryl methyl sites for hydroxylation is 1. The monoisotopic (exact) mass is 225 g/mol. The standard InChI is InChI=1S/C11H12ClNS/c1-2-7-3-4-9-10(11(7)13)8(5-12)6-14-9/h3-4,6H,2,5,13H2,1H3. The SMILES string of the molecule is CCc1ccc2scc(CCl)c2c1N. The Hall–Kier alpha value is -0.730. The molecule has 1 aromatic heterocycles. The van der Waals surface area contributed by atoms with Gasteiger partial charge in [-0.05, 0) is 29.0 Å². The largest absolute Gasteiger partial charge is 0.398 e. The highest BCUT2D eigenvalue weighted by Crippen LogP contribution is 2.33. The summed E-state index contributed by atoms with van der Waals surface area (Å²) < 4.78 is 1.23. The van der Waals surface area contributed by atoms with Crippen LogP contribution in [0.1, 0.15) is 18.1 Å². The number of nitrogens with two attached hydrogens (primary N) is 1. The van der Waals surface area contributed by atoms with Crippen LogP contribution in [-0.2, 0) is 12.3 Å². The van der Waals surface area contributed by atoms with Crippen LogP contribution >= 0.6 is 22.9 Å². The molecule has 0 aliphatic heterocycles. The van der Waals surface area contributed by atoms with E-state index in [1.165, 1.54) is 10.3 Å². The Labute approximate surface area is 92.5 Å². The van der Waals surface area contributed by atoms with Crippen LogP contribution in [0.3, 0.4) is 0 Å². The summed E-state index contributed by atoms with van der Waals surface area (Å²) in [6, 6.07) is 4.23. The normalized spacial score (nSPS) is 11.0. The van der Waals surface area contributed by atoms with Gasteiger partial charge in [0.15, 0.2) is 0 Å². The Balaban J connectivity index is 2.77. The highest BCUT2D eigenvalue weighted by molar-refractivity contribution is 7.17. The fraction of sp³-hybridized carbons (Fsp3) is 0.273. The number of anilines is 1. The molecule has 1 heterocycles. The minimum Gasteiger partial charge on any atom is -0.398 e. The van der Waals surface area contributed by atoms with Crippen molar-refractivity contribution < 1.29 is 0 Å². The number of hydrogen-bond donors (Lipinski definition) is 1. The summed E-state index contributed by atoms with van der Waals surface area (Å²) in [7, 11) is 0. The number of alkyl halides is 1. The molecule has 74 valence electrons. The van der Waals surface area contributed by atoms with Gasteiger partial charge in [0.25, 0.3) is 0 Å². The van der Waals surface area contributed by atoms with Gasteiger partial charge in [-0.2, -0.15) is 0 Å². The van der Waals surface area contributed by atoms with Crippen molar-refractivity contribution in [2.24, 2.45) is 0 Å². The lowest BCUT2D eigenvalue weighted by molar-refractivity contribution is 1.15. The van der Waals surface area contributed by atoms with Crippen molar-refractivity contribution in [1.82, 2.24) is 0 Å².